The van der Waals surface area contributed by atoms with Gasteiger partial charge in [-0.25, -0.2) is 0 Å². The Kier molecular flexibility index (Phi) is 4.72. The molecule has 1 unspecified atom stereocenters. The number of aliphatic hydroxyl groups excluding tert-OH is 1. The maximum Gasteiger partial charge on any atom is 0.0997 e. The topological polar surface area (TPSA) is 23.5 Å². The zero-order valence-electron chi connectivity index (χ0n) is 9.18. The molecule has 1 rings (SSSR count). The fourth-order valence-electron chi connectivity index (χ4n) is 1.51. The number of aliphatic hydroxyl groups is 1. The van der Waals surface area contributed by atoms with E-state index >= 15 is 0 Å². The van der Waals surface area contributed by atoms with Crippen LogP contribution < -0.4 is 4.90 Å². The molecule has 0 aliphatic carbocycles. The Morgan fingerprint density at radius 3 is 2.80 bits per heavy atom. The quantitative estimate of drug-likeness (QED) is 0.774. The molecular weight excluding hydrogens is 206 g/mol. The normalized spacial score (nSPS) is 12.2. The minimum Gasteiger partial charge on any atom is -0.386 e. The molecule has 3 heteroatoms. The molecule has 0 aliphatic heterocycles. The predicted molar refractivity (Wildman–Crippen MR) is 68.7 cm³/mol. The maximum atomic E-state index is 9.49. The van der Waals surface area contributed by atoms with Crippen LogP contribution in [0.25, 0.3) is 0 Å². The van der Waals surface area contributed by atoms with Crippen molar-refractivity contribution in [2.24, 2.45) is 0 Å². The highest BCUT2D eigenvalue weighted by molar-refractivity contribution is 7.79. The molecule has 0 spiro atoms. The van der Waals surface area contributed by atoms with Crippen molar-refractivity contribution in [2.45, 2.75) is 20.0 Å². The van der Waals surface area contributed by atoms with Gasteiger partial charge >= 0.3 is 0 Å². The highest BCUT2D eigenvalue weighted by atomic mass is 32.1. The summed E-state index contributed by atoms with van der Waals surface area (Å²) in [5, 5.41) is 10.9. The largest absolute Gasteiger partial charge is 0.386 e. The Bertz CT molecular complexity index is 327. The molecule has 1 aromatic carbocycles. The van der Waals surface area contributed by atoms with Gasteiger partial charge in [0.2, 0.25) is 0 Å². The SMILES string of the molecule is CCN(CC(O)C=S)c1cccc(C)c1. The first-order valence-electron chi connectivity index (χ1n) is 5.12. The van der Waals surface area contributed by atoms with Gasteiger partial charge in [-0.3, -0.25) is 0 Å². The Morgan fingerprint density at radius 1 is 1.53 bits per heavy atom. The van der Waals surface area contributed by atoms with Gasteiger partial charge in [0.15, 0.2) is 0 Å². The summed E-state index contributed by atoms with van der Waals surface area (Å²) in [5.74, 6) is 0. The molecule has 0 saturated heterocycles. The minimum atomic E-state index is -0.541. The number of aryl methyl sites for hydroxylation is 1. The molecule has 1 aromatic rings. The van der Waals surface area contributed by atoms with Gasteiger partial charge in [0.1, 0.15) is 0 Å². The van der Waals surface area contributed by atoms with E-state index in [9.17, 15) is 5.11 Å². The van der Waals surface area contributed by atoms with Crippen molar-refractivity contribution >= 4 is 23.3 Å². The van der Waals surface area contributed by atoms with Gasteiger partial charge < -0.3 is 10.0 Å². The van der Waals surface area contributed by atoms with Crippen molar-refractivity contribution in [2.75, 3.05) is 18.0 Å². The number of anilines is 1. The van der Waals surface area contributed by atoms with Gasteiger partial charge in [-0.1, -0.05) is 24.4 Å². The Labute approximate surface area is 96.5 Å². The summed E-state index contributed by atoms with van der Waals surface area (Å²) < 4.78 is 0. The van der Waals surface area contributed by atoms with Crippen LogP contribution in [0.2, 0.25) is 0 Å². The van der Waals surface area contributed by atoms with E-state index in [4.69, 9.17) is 12.2 Å². The number of thiocarbonyl (C=S) groups is 1. The lowest BCUT2D eigenvalue weighted by atomic mass is 10.2. The van der Waals surface area contributed by atoms with Crippen LogP contribution in [0.15, 0.2) is 24.3 Å². The second kappa shape index (κ2) is 5.83. The van der Waals surface area contributed by atoms with Crippen molar-refractivity contribution in [1.82, 2.24) is 0 Å². The molecule has 0 amide bonds. The second-order valence-corrected chi connectivity index (χ2v) is 3.85. The smallest absolute Gasteiger partial charge is 0.0997 e. The molecule has 0 bridgehead atoms. The molecule has 15 heavy (non-hydrogen) atoms. The molecule has 1 atom stereocenters. The van der Waals surface area contributed by atoms with Gasteiger partial charge in [0, 0.05) is 24.1 Å². The summed E-state index contributed by atoms with van der Waals surface area (Å²) in [7, 11) is 0. The maximum absolute atomic E-state index is 9.49. The summed E-state index contributed by atoms with van der Waals surface area (Å²) in [4.78, 5) is 2.11. The van der Waals surface area contributed by atoms with Crippen molar-refractivity contribution in [1.29, 1.82) is 0 Å². The molecule has 0 heterocycles. The Balaban J connectivity index is 2.78. The van der Waals surface area contributed by atoms with E-state index in [-0.39, 0.29) is 0 Å². The lowest BCUT2D eigenvalue weighted by molar-refractivity contribution is 0.253. The molecule has 0 saturated carbocycles. The van der Waals surface area contributed by atoms with E-state index in [2.05, 4.69) is 30.9 Å². The molecule has 82 valence electrons. The Morgan fingerprint density at radius 2 is 2.27 bits per heavy atom. The lowest BCUT2D eigenvalue weighted by Gasteiger charge is -2.24. The summed E-state index contributed by atoms with van der Waals surface area (Å²) in [6.45, 7) is 5.55. The number of hydrogen-bond acceptors (Lipinski definition) is 3. The van der Waals surface area contributed by atoms with Crippen LogP contribution in [-0.2, 0) is 0 Å². The molecule has 0 aromatic heterocycles. The Hall–Kier alpha value is -0.930. The molecule has 1 N–H and O–H groups in total. The van der Waals surface area contributed by atoms with E-state index < -0.39 is 6.10 Å². The van der Waals surface area contributed by atoms with E-state index in [0.717, 1.165) is 12.2 Å². The van der Waals surface area contributed by atoms with Gasteiger partial charge in [-0.15, -0.1) is 0 Å². The van der Waals surface area contributed by atoms with Crippen LogP contribution in [0.4, 0.5) is 5.69 Å². The highest BCUT2D eigenvalue weighted by Crippen LogP contribution is 2.15. The van der Waals surface area contributed by atoms with Crippen LogP contribution in [0, 0.1) is 6.92 Å². The second-order valence-electron chi connectivity index (χ2n) is 3.58. The van der Waals surface area contributed by atoms with Crippen LogP contribution >= 0.6 is 12.2 Å². The average Bonchev–Trinajstić information content (AvgIpc) is 2.25. The van der Waals surface area contributed by atoms with Gasteiger partial charge in [-0.05, 0) is 31.5 Å². The van der Waals surface area contributed by atoms with Crippen LogP contribution in [0.1, 0.15) is 12.5 Å². The zero-order valence-corrected chi connectivity index (χ0v) is 10.00. The number of benzene rings is 1. The fraction of sp³-hybridized carbons (Fsp3) is 0.417. The molecular formula is C12H17NOS. The monoisotopic (exact) mass is 223 g/mol. The standard InChI is InChI=1S/C12H17NOS/c1-3-13(8-12(14)9-15)11-6-4-5-10(2)7-11/h4-7,9,12,14H,3,8H2,1-2H3. The summed E-state index contributed by atoms with van der Waals surface area (Å²) in [6.07, 6.45) is -0.541. The minimum absolute atomic E-state index is 0.541. The average molecular weight is 223 g/mol. The fourth-order valence-corrected chi connectivity index (χ4v) is 1.60. The zero-order chi connectivity index (χ0) is 11.3. The van der Waals surface area contributed by atoms with Crippen molar-refractivity contribution in [3.05, 3.63) is 29.8 Å². The van der Waals surface area contributed by atoms with Crippen molar-refractivity contribution < 1.29 is 5.11 Å². The first-order valence-corrected chi connectivity index (χ1v) is 5.59. The van der Waals surface area contributed by atoms with E-state index in [1.54, 1.807) is 0 Å². The third-order valence-electron chi connectivity index (χ3n) is 2.31. The van der Waals surface area contributed by atoms with Crippen LogP contribution in [0.5, 0.6) is 0 Å². The molecule has 0 aliphatic rings. The highest BCUT2D eigenvalue weighted by Gasteiger charge is 2.08. The van der Waals surface area contributed by atoms with Crippen molar-refractivity contribution in [3.63, 3.8) is 0 Å². The first-order chi connectivity index (χ1) is 7.17. The number of rotatable bonds is 5. The van der Waals surface area contributed by atoms with Crippen LogP contribution in [-0.4, -0.2) is 29.7 Å². The van der Waals surface area contributed by atoms with Crippen LogP contribution in [0.3, 0.4) is 0 Å². The number of nitrogens with zero attached hydrogens (tertiary/aromatic N) is 1. The van der Waals surface area contributed by atoms with E-state index in [0.29, 0.717) is 6.54 Å². The lowest BCUT2D eigenvalue weighted by Crippen LogP contribution is -2.32. The molecule has 2 nitrogen and oxygen atoms in total. The third-order valence-corrected chi connectivity index (χ3v) is 2.63. The summed E-state index contributed by atoms with van der Waals surface area (Å²) >= 11 is 4.72. The molecule has 0 fully saturated rings. The summed E-state index contributed by atoms with van der Waals surface area (Å²) in [6, 6.07) is 8.25. The van der Waals surface area contributed by atoms with Crippen molar-refractivity contribution in [3.8, 4) is 0 Å². The first kappa shape index (κ1) is 12.1. The third kappa shape index (κ3) is 3.61. The summed E-state index contributed by atoms with van der Waals surface area (Å²) in [5.41, 5.74) is 2.36. The molecule has 0 radical (unpaired) electrons. The van der Waals surface area contributed by atoms with Gasteiger partial charge in [0.05, 0.1) is 6.10 Å². The van der Waals surface area contributed by atoms with E-state index in [1.807, 2.05) is 12.1 Å². The van der Waals surface area contributed by atoms with Gasteiger partial charge in [-0.2, -0.15) is 0 Å². The van der Waals surface area contributed by atoms with Gasteiger partial charge in [0.25, 0.3) is 0 Å². The number of hydrogen-bond donors (Lipinski definition) is 1. The van der Waals surface area contributed by atoms with E-state index in [1.165, 1.54) is 10.9 Å². The predicted octanol–water partition coefficient (Wildman–Crippen LogP) is 2.18. The number of likely N-dealkylation sites (N-methyl/N-ethyl adjacent to an activating group) is 1.